The molecule has 0 unspecified atom stereocenters. The molecule has 0 atom stereocenters. The maximum Gasteiger partial charge on any atom is 0.145 e. The van der Waals surface area contributed by atoms with Gasteiger partial charge in [0, 0.05) is 6.07 Å². The minimum atomic E-state index is -0.384. The van der Waals surface area contributed by atoms with Crippen LogP contribution in [0.1, 0.15) is 5.82 Å². The lowest BCUT2D eigenvalue weighted by molar-refractivity contribution is 0.628. The van der Waals surface area contributed by atoms with E-state index in [1.807, 2.05) is 0 Å². The molecule has 0 aliphatic carbocycles. The molecule has 0 spiro atoms. The molecular weight excluding hydrogens is 257 g/mol. The lowest BCUT2D eigenvalue weighted by Gasteiger charge is -2.09. The first-order valence-corrected chi connectivity index (χ1v) is 5.50. The number of nitrogens with two attached hydrogens (primary N) is 1. The number of hydrogen-bond acceptors (Lipinski definition) is 5. The molecular formula is C11H11ClFN5. The number of aromatic nitrogens is 2. The summed E-state index contributed by atoms with van der Waals surface area (Å²) in [5, 5.41) is 3.31. The Morgan fingerprint density at radius 2 is 1.94 bits per heavy atom. The average Bonchev–Trinajstić information content (AvgIpc) is 2.33. The zero-order valence-corrected chi connectivity index (χ0v) is 10.3. The highest BCUT2D eigenvalue weighted by atomic mass is 35.5. The number of nitrogens with zero attached hydrogens (tertiary/aromatic N) is 2. The number of benzene rings is 1. The molecule has 1 heterocycles. The molecule has 18 heavy (non-hydrogen) atoms. The third-order valence-electron chi connectivity index (χ3n) is 2.18. The summed E-state index contributed by atoms with van der Waals surface area (Å²) in [5.41, 5.74) is 2.85. The zero-order valence-electron chi connectivity index (χ0n) is 9.54. The lowest BCUT2D eigenvalue weighted by atomic mass is 10.3. The van der Waals surface area contributed by atoms with E-state index in [0.717, 1.165) is 0 Å². The molecule has 0 amide bonds. The number of anilines is 3. The van der Waals surface area contributed by atoms with E-state index in [0.29, 0.717) is 28.2 Å². The third-order valence-corrected chi connectivity index (χ3v) is 2.51. The Labute approximate surface area is 108 Å². The van der Waals surface area contributed by atoms with Gasteiger partial charge < -0.3 is 10.7 Å². The predicted octanol–water partition coefficient (Wildman–Crippen LogP) is 2.61. The lowest BCUT2D eigenvalue weighted by Crippen LogP contribution is -2.10. The summed E-state index contributed by atoms with van der Waals surface area (Å²) in [6.07, 6.45) is 0. The van der Waals surface area contributed by atoms with Crippen LogP contribution >= 0.6 is 11.6 Å². The van der Waals surface area contributed by atoms with Gasteiger partial charge in [0.05, 0.1) is 10.7 Å². The molecule has 2 rings (SSSR count). The van der Waals surface area contributed by atoms with Crippen molar-refractivity contribution in [2.24, 2.45) is 5.84 Å². The number of hydrogen-bond donors (Lipinski definition) is 3. The van der Waals surface area contributed by atoms with Gasteiger partial charge in [0.1, 0.15) is 23.3 Å². The van der Waals surface area contributed by atoms with Crippen molar-refractivity contribution in [1.82, 2.24) is 9.97 Å². The van der Waals surface area contributed by atoms with Crippen LogP contribution in [0, 0.1) is 12.7 Å². The van der Waals surface area contributed by atoms with E-state index in [1.54, 1.807) is 13.0 Å². The van der Waals surface area contributed by atoms with E-state index in [2.05, 4.69) is 20.7 Å². The molecule has 1 aromatic carbocycles. The summed E-state index contributed by atoms with van der Waals surface area (Å²) >= 11 is 5.95. The maximum atomic E-state index is 13.1. The van der Waals surface area contributed by atoms with Gasteiger partial charge in [-0.25, -0.2) is 20.2 Å². The van der Waals surface area contributed by atoms with E-state index >= 15 is 0 Å². The molecule has 7 heteroatoms. The average molecular weight is 268 g/mol. The third kappa shape index (κ3) is 2.85. The van der Waals surface area contributed by atoms with E-state index in [4.69, 9.17) is 17.4 Å². The highest BCUT2D eigenvalue weighted by molar-refractivity contribution is 6.33. The summed E-state index contributed by atoms with van der Waals surface area (Å²) in [6.45, 7) is 1.72. The number of rotatable bonds is 3. The number of nitrogen functional groups attached to an aromatic ring is 1. The van der Waals surface area contributed by atoms with Crippen LogP contribution in [0.15, 0.2) is 24.3 Å². The number of hydrazine groups is 1. The Balaban J connectivity index is 2.33. The van der Waals surface area contributed by atoms with Gasteiger partial charge in [-0.2, -0.15) is 0 Å². The number of halogens is 2. The van der Waals surface area contributed by atoms with E-state index in [1.165, 1.54) is 18.2 Å². The first-order chi connectivity index (χ1) is 8.58. The van der Waals surface area contributed by atoms with Crippen molar-refractivity contribution in [3.63, 3.8) is 0 Å². The Kier molecular flexibility index (Phi) is 3.59. The van der Waals surface area contributed by atoms with Crippen molar-refractivity contribution in [2.45, 2.75) is 6.92 Å². The van der Waals surface area contributed by atoms with Crippen LogP contribution in [-0.4, -0.2) is 9.97 Å². The summed E-state index contributed by atoms with van der Waals surface area (Å²) in [4.78, 5) is 8.19. The fraction of sp³-hybridized carbons (Fsp3) is 0.0909. The predicted molar refractivity (Wildman–Crippen MR) is 69.3 cm³/mol. The Hall–Kier alpha value is -1.92. The van der Waals surface area contributed by atoms with Crippen LogP contribution in [0.3, 0.4) is 0 Å². The fourth-order valence-electron chi connectivity index (χ4n) is 1.44. The Morgan fingerprint density at radius 3 is 2.67 bits per heavy atom. The first-order valence-electron chi connectivity index (χ1n) is 5.13. The van der Waals surface area contributed by atoms with Crippen molar-refractivity contribution >= 4 is 28.9 Å². The quantitative estimate of drug-likeness (QED) is 0.589. The van der Waals surface area contributed by atoms with Crippen molar-refractivity contribution in [3.05, 3.63) is 40.9 Å². The van der Waals surface area contributed by atoms with Crippen molar-refractivity contribution in [3.8, 4) is 0 Å². The van der Waals surface area contributed by atoms with Gasteiger partial charge in [-0.05, 0) is 25.1 Å². The van der Waals surface area contributed by atoms with E-state index in [-0.39, 0.29) is 5.82 Å². The van der Waals surface area contributed by atoms with Crippen LogP contribution in [-0.2, 0) is 0 Å². The zero-order chi connectivity index (χ0) is 13.1. The molecule has 0 saturated carbocycles. The second kappa shape index (κ2) is 5.16. The standard InChI is InChI=1S/C11H11ClFN5/c1-6-15-10(5-11(16-6)18-14)17-9-4-7(13)2-3-8(9)12/h2-5H,14H2,1H3,(H2,15,16,17,18). The monoisotopic (exact) mass is 267 g/mol. The minimum absolute atomic E-state index is 0.384. The van der Waals surface area contributed by atoms with E-state index in [9.17, 15) is 4.39 Å². The SMILES string of the molecule is Cc1nc(NN)cc(Nc2cc(F)ccc2Cl)n1. The normalized spacial score (nSPS) is 10.2. The van der Waals surface area contributed by atoms with Gasteiger partial charge in [0.2, 0.25) is 0 Å². The van der Waals surface area contributed by atoms with Gasteiger partial charge in [0.25, 0.3) is 0 Å². The molecule has 5 nitrogen and oxygen atoms in total. The van der Waals surface area contributed by atoms with Crippen molar-refractivity contribution in [2.75, 3.05) is 10.7 Å². The van der Waals surface area contributed by atoms with Crippen molar-refractivity contribution < 1.29 is 4.39 Å². The smallest absolute Gasteiger partial charge is 0.145 e. The summed E-state index contributed by atoms with van der Waals surface area (Å²) < 4.78 is 13.1. The maximum absolute atomic E-state index is 13.1. The number of nitrogens with one attached hydrogen (secondary N) is 2. The molecule has 1 aromatic heterocycles. The Morgan fingerprint density at radius 1 is 1.22 bits per heavy atom. The van der Waals surface area contributed by atoms with Gasteiger partial charge >= 0.3 is 0 Å². The van der Waals surface area contributed by atoms with Gasteiger partial charge in [-0.3, -0.25) is 0 Å². The largest absolute Gasteiger partial charge is 0.339 e. The molecule has 0 radical (unpaired) electrons. The second-order valence-electron chi connectivity index (χ2n) is 3.58. The van der Waals surface area contributed by atoms with Gasteiger partial charge in [-0.1, -0.05) is 11.6 Å². The second-order valence-corrected chi connectivity index (χ2v) is 3.99. The summed E-state index contributed by atoms with van der Waals surface area (Å²) in [7, 11) is 0. The molecule has 0 aliphatic heterocycles. The van der Waals surface area contributed by atoms with E-state index < -0.39 is 0 Å². The molecule has 0 bridgehead atoms. The van der Waals surface area contributed by atoms with Crippen LogP contribution in [0.5, 0.6) is 0 Å². The molecule has 4 N–H and O–H groups in total. The molecule has 94 valence electrons. The van der Waals surface area contributed by atoms with Gasteiger partial charge in [-0.15, -0.1) is 0 Å². The molecule has 2 aromatic rings. The van der Waals surface area contributed by atoms with Crippen LogP contribution in [0.25, 0.3) is 0 Å². The van der Waals surface area contributed by atoms with Crippen LogP contribution in [0.4, 0.5) is 21.7 Å². The topological polar surface area (TPSA) is 75.9 Å². The molecule has 0 aliphatic rings. The molecule has 0 saturated heterocycles. The van der Waals surface area contributed by atoms with Gasteiger partial charge in [0.15, 0.2) is 0 Å². The minimum Gasteiger partial charge on any atom is -0.339 e. The fourth-order valence-corrected chi connectivity index (χ4v) is 1.60. The molecule has 0 fully saturated rings. The highest BCUT2D eigenvalue weighted by Gasteiger charge is 2.05. The first kappa shape index (κ1) is 12.5. The summed E-state index contributed by atoms with van der Waals surface area (Å²) in [6, 6.07) is 5.63. The van der Waals surface area contributed by atoms with Crippen LogP contribution < -0.4 is 16.6 Å². The number of aryl methyl sites for hydroxylation is 1. The Bertz CT molecular complexity index is 575. The van der Waals surface area contributed by atoms with Crippen molar-refractivity contribution in [1.29, 1.82) is 0 Å². The van der Waals surface area contributed by atoms with Crippen LogP contribution in [0.2, 0.25) is 5.02 Å². The summed E-state index contributed by atoms with van der Waals surface area (Å²) in [5.74, 6) is 6.36. The highest BCUT2D eigenvalue weighted by Crippen LogP contribution is 2.26.